The maximum atomic E-state index is 13.9. The zero-order valence-corrected chi connectivity index (χ0v) is 16.5. The predicted octanol–water partition coefficient (Wildman–Crippen LogP) is 4.36. The van der Waals surface area contributed by atoms with Gasteiger partial charge in [-0.05, 0) is 43.2 Å². The van der Waals surface area contributed by atoms with E-state index in [0.29, 0.717) is 20.5 Å². The van der Waals surface area contributed by atoms with E-state index in [-0.39, 0.29) is 28.9 Å². The maximum Gasteiger partial charge on any atom is 0.262 e. The molecule has 2 aromatic carbocycles. The first-order chi connectivity index (χ1) is 13.0. The second kappa shape index (κ2) is 7.44. The highest BCUT2D eigenvalue weighted by atomic mass is 79.9. The molecule has 0 saturated heterocycles. The van der Waals surface area contributed by atoms with Crippen molar-refractivity contribution in [2.75, 3.05) is 11.1 Å². The Balaban J connectivity index is 1.55. The Kier molecular flexibility index (Phi) is 5.01. The fourth-order valence-corrected chi connectivity index (χ4v) is 3.99. The number of para-hydroxylation sites is 1. The normalized spacial score (nSPS) is 13.7. The van der Waals surface area contributed by atoms with E-state index in [4.69, 9.17) is 0 Å². The van der Waals surface area contributed by atoms with E-state index < -0.39 is 5.82 Å². The van der Waals surface area contributed by atoms with Crippen LogP contribution in [-0.4, -0.2) is 21.2 Å². The van der Waals surface area contributed by atoms with Crippen LogP contribution in [-0.2, 0) is 4.79 Å². The number of nitrogens with one attached hydrogen (secondary N) is 1. The highest BCUT2D eigenvalue weighted by Crippen LogP contribution is 2.36. The Labute approximate surface area is 167 Å². The first-order valence-electron chi connectivity index (χ1n) is 8.42. The zero-order valence-electron chi connectivity index (χ0n) is 14.1. The molecule has 1 amide bonds. The van der Waals surface area contributed by atoms with Crippen LogP contribution in [0.5, 0.6) is 0 Å². The molecule has 1 saturated carbocycles. The quantitative estimate of drug-likeness (QED) is 0.465. The Hall–Kier alpha value is -2.19. The average Bonchev–Trinajstić information content (AvgIpc) is 3.47. The minimum absolute atomic E-state index is 0.0347. The van der Waals surface area contributed by atoms with Crippen LogP contribution in [0.2, 0.25) is 0 Å². The summed E-state index contributed by atoms with van der Waals surface area (Å²) in [7, 11) is 0. The number of hydrogen-bond donors (Lipinski definition) is 1. The van der Waals surface area contributed by atoms with Crippen LogP contribution in [0.25, 0.3) is 10.9 Å². The van der Waals surface area contributed by atoms with E-state index in [1.807, 2.05) is 12.1 Å². The number of fused-ring (bicyclic) bond motifs is 1. The van der Waals surface area contributed by atoms with Gasteiger partial charge in [-0.25, -0.2) is 9.37 Å². The van der Waals surface area contributed by atoms with E-state index in [1.165, 1.54) is 23.9 Å². The molecule has 27 heavy (non-hydrogen) atoms. The van der Waals surface area contributed by atoms with Crippen molar-refractivity contribution in [3.63, 3.8) is 0 Å². The number of carbonyl (C=O) groups excluding carboxylic acids is 1. The number of halogens is 2. The molecule has 138 valence electrons. The molecule has 1 fully saturated rings. The molecule has 4 rings (SSSR count). The third kappa shape index (κ3) is 3.91. The van der Waals surface area contributed by atoms with Crippen LogP contribution in [0.4, 0.5) is 10.1 Å². The molecule has 5 nitrogen and oxygen atoms in total. The largest absolute Gasteiger partial charge is 0.323 e. The number of nitrogens with zero attached hydrogens (tertiary/aromatic N) is 2. The summed E-state index contributed by atoms with van der Waals surface area (Å²) in [5, 5.41) is 3.65. The standard InChI is InChI=1S/C19H15BrFN3O2S/c20-11-5-8-16(14(21)9-11)22-17(25)10-27-19-23-15-4-2-1-3-13(15)18(26)24(19)12-6-7-12/h1-5,8-9,12H,6-7,10H2,(H,22,25). The van der Waals surface area contributed by atoms with E-state index >= 15 is 0 Å². The number of amides is 1. The highest BCUT2D eigenvalue weighted by molar-refractivity contribution is 9.10. The van der Waals surface area contributed by atoms with Crippen molar-refractivity contribution in [3.05, 3.63) is 63.1 Å². The molecule has 0 bridgehead atoms. The number of rotatable bonds is 5. The van der Waals surface area contributed by atoms with Crippen LogP contribution >= 0.6 is 27.7 Å². The van der Waals surface area contributed by atoms with Gasteiger partial charge in [-0.15, -0.1) is 0 Å². The number of aromatic nitrogens is 2. The van der Waals surface area contributed by atoms with Gasteiger partial charge in [0.1, 0.15) is 5.82 Å². The molecule has 0 aliphatic heterocycles. The monoisotopic (exact) mass is 447 g/mol. The minimum atomic E-state index is -0.513. The topological polar surface area (TPSA) is 64.0 Å². The van der Waals surface area contributed by atoms with Crippen LogP contribution in [0, 0.1) is 5.82 Å². The molecule has 1 N–H and O–H groups in total. The Morgan fingerprint density at radius 1 is 1.30 bits per heavy atom. The van der Waals surface area contributed by atoms with E-state index in [2.05, 4.69) is 26.2 Å². The Morgan fingerprint density at radius 2 is 2.07 bits per heavy atom. The third-order valence-corrected chi connectivity index (χ3v) is 5.67. The molecule has 1 heterocycles. The lowest BCUT2D eigenvalue weighted by Gasteiger charge is -2.12. The van der Waals surface area contributed by atoms with Gasteiger partial charge in [0.15, 0.2) is 5.16 Å². The molecule has 1 aliphatic rings. The van der Waals surface area contributed by atoms with Crippen LogP contribution in [0.1, 0.15) is 18.9 Å². The molecule has 0 radical (unpaired) electrons. The lowest BCUT2D eigenvalue weighted by Crippen LogP contribution is -2.23. The summed E-state index contributed by atoms with van der Waals surface area (Å²) >= 11 is 4.37. The van der Waals surface area contributed by atoms with Gasteiger partial charge < -0.3 is 5.32 Å². The minimum Gasteiger partial charge on any atom is -0.323 e. The smallest absolute Gasteiger partial charge is 0.262 e. The second-order valence-electron chi connectivity index (χ2n) is 6.28. The first-order valence-corrected chi connectivity index (χ1v) is 10.2. The number of carbonyl (C=O) groups is 1. The number of benzene rings is 2. The molecular weight excluding hydrogens is 433 g/mol. The van der Waals surface area contributed by atoms with Crippen molar-refractivity contribution in [1.82, 2.24) is 9.55 Å². The fraction of sp³-hybridized carbons (Fsp3) is 0.211. The molecule has 8 heteroatoms. The van der Waals surface area contributed by atoms with Crippen molar-refractivity contribution < 1.29 is 9.18 Å². The van der Waals surface area contributed by atoms with Crippen LogP contribution < -0.4 is 10.9 Å². The molecule has 3 aromatic rings. The van der Waals surface area contributed by atoms with Crippen LogP contribution in [0.3, 0.4) is 0 Å². The molecule has 0 atom stereocenters. The summed E-state index contributed by atoms with van der Waals surface area (Å²) in [5.41, 5.74) is 0.654. The van der Waals surface area contributed by atoms with Gasteiger partial charge in [-0.2, -0.15) is 0 Å². The predicted molar refractivity (Wildman–Crippen MR) is 108 cm³/mol. The second-order valence-corrected chi connectivity index (χ2v) is 8.14. The Morgan fingerprint density at radius 3 is 2.81 bits per heavy atom. The third-order valence-electron chi connectivity index (χ3n) is 4.23. The lowest BCUT2D eigenvalue weighted by molar-refractivity contribution is -0.113. The first kappa shape index (κ1) is 18.2. The zero-order chi connectivity index (χ0) is 19.0. The molecule has 0 spiro atoms. The fourth-order valence-electron chi connectivity index (χ4n) is 2.79. The van der Waals surface area contributed by atoms with Gasteiger partial charge in [0.2, 0.25) is 5.91 Å². The van der Waals surface area contributed by atoms with Gasteiger partial charge in [0, 0.05) is 10.5 Å². The highest BCUT2D eigenvalue weighted by Gasteiger charge is 2.28. The number of anilines is 1. The van der Waals surface area contributed by atoms with Gasteiger partial charge >= 0.3 is 0 Å². The molecular formula is C19H15BrFN3O2S. The van der Waals surface area contributed by atoms with Crippen molar-refractivity contribution in [3.8, 4) is 0 Å². The average molecular weight is 448 g/mol. The van der Waals surface area contributed by atoms with Gasteiger partial charge in [-0.3, -0.25) is 14.2 Å². The Bertz CT molecular complexity index is 1100. The van der Waals surface area contributed by atoms with Crippen molar-refractivity contribution >= 4 is 50.2 Å². The van der Waals surface area contributed by atoms with Crippen molar-refractivity contribution in [2.45, 2.75) is 24.0 Å². The summed E-state index contributed by atoms with van der Waals surface area (Å²) in [4.78, 5) is 29.6. The van der Waals surface area contributed by atoms with E-state index in [1.54, 1.807) is 22.8 Å². The number of hydrogen-bond acceptors (Lipinski definition) is 4. The molecule has 0 unspecified atom stereocenters. The van der Waals surface area contributed by atoms with Crippen molar-refractivity contribution in [1.29, 1.82) is 0 Å². The van der Waals surface area contributed by atoms with Crippen molar-refractivity contribution in [2.24, 2.45) is 0 Å². The summed E-state index contributed by atoms with van der Waals surface area (Å²) in [6, 6.07) is 11.8. The molecule has 1 aliphatic carbocycles. The SMILES string of the molecule is O=C(CSc1nc2ccccc2c(=O)n1C1CC1)Nc1ccc(Br)cc1F. The van der Waals surface area contributed by atoms with Gasteiger partial charge in [0.05, 0.1) is 22.3 Å². The number of thioether (sulfide) groups is 1. The van der Waals surface area contributed by atoms with E-state index in [0.717, 1.165) is 12.8 Å². The summed E-state index contributed by atoms with van der Waals surface area (Å²) in [6.45, 7) is 0. The van der Waals surface area contributed by atoms with Crippen LogP contribution in [0.15, 0.2) is 56.9 Å². The summed E-state index contributed by atoms with van der Waals surface area (Å²) in [5.74, 6) is -0.833. The maximum absolute atomic E-state index is 13.9. The van der Waals surface area contributed by atoms with E-state index in [9.17, 15) is 14.0 Å². The van der Waals surface area contributed by atoms with Gasteiger partial charge in [0.25, 0.3) is 5.56 Å². The lowest BCUT2D eigenvalue weighted by atomic mass is 10.2. The van der Waals surface area contributed by atoms with Gasteiger partial charge in [-0.1, -0.05) is 39.8 Å². The summed E-state index contributed by atoms with van der Waals surface area (Å²) in [6.07, 6.45) is 1.87. The molecule has 1 aromatic heterocycles. The summed E-state index contributed by atoms with van der Waals surface area (Å²) < 4.78 is 16.1.